The summed E-state index contributed by atoms with van der Waals surface area (Å²) in [5.74, 6) is 0. The molecule has 1 fully saturated rings. The Hall–Kier alpha value is 0.828. The monoisotopic (exact) mass is 374 g/mol. The van der Waals surface area contributed by atoms with Gasteiger partial charge in [0.15, 0.2) is 0 Å². The molecule has 1 aliphatic heterocycles. The van der Waals surface area contributed by atoms with E-state index in [0.717, 1.165) is 0 Å². The molecule has 1 aliphatic rings. The molecule has 0 amide bonds. The van der Waals surface area contributed by atoms with Crippen molar-refractivity contribution in [3.63, 3.8) is 0 Å². The summed E-state index contributed by atoms with van der Waals surface area (Å²) in [6.07, 6.45) is 22.2. The van der Waals surface area contributed by atoms with Crippen LogP contribution in [0.4, 0.5) is 0 Å². The molecule has 1 heterocycles. The molecule has 0 aromatic rings. The summed E-state index contributed by atoms with van der Waals surface area (Å²) in [6, 6.07) is 1.67. The lowest BCUT2D eigenvalue weighted by molar-refractivity contribution is 0.416. The highest BCUT2D eigenvalue weighted by molar-refractivity contribution is 7.48. The predicted molar refractivity (Wildman–Crippen MR) is 114 cm³/mol. The Morgan fingerprint density at radius 3 is 1.68 bits per heavy atom. The molecule has 22 heavy (non-hydrogen) atoms. The molecule has 1 nitrogen and oxygen atoms in total. The quantitative estimate of drug-likeness (QED) is 0.316. The van der Waals surface area contributed by atoms with E-state index >= 15 is 0 Å². The van der Waals surface area contributed by atoms with Crippen LogP contribution in [-0.4, -0.2) is 40.9 Å². The first-order chi connectivity index (χ1) is 10.9. The Balaban J connectivity index is 1.68. The molecule has 0 saturated carbocycles. The molecule has 1 saturated heterocycles. The maximum absolute atomic E-state index is 5.85. The van der Waals surface area contributed by atoms with Crippen LogP contribution < -0.4 is 0 Å². The third-order valence-corrected chi connectivity index (χ3v) is 41.6. The molecule has 0 radical (unpaired) electrons. The lowest BCUT2D eigenvalue weighted by Gasteiger charge is -2.19. The zero-order valence-corrected chi connectivity index (χ0v) is 20.8. The number of hydrogen-bond donors (Lipinski definition) is 0. The van der Waals surface area contributed by atoms with Gasteiger partial charge in [-0.3, -0.25) is 0 Å². The van der Waals surface area contributed by atoms with Gasteiger partial charge in [-0.05, 0) is 0 Å². The first kappa shape index (κ1) is 20.9. The van der Waals surface area contributed by atoms with Gasteiger partial charge in [0.2, 0.25) is 0 Å². The minimum absolute atomic E-state index is 0.157. The third kappa shape index (κ3) is 13.3. The largest absolute Gasteiger partial charge is 0.432 e. The number of unbranched alkanes of at least 4 members (excludes halogenated alkanes) is 13. The standard InChI is InChI=1S/C17H42OSi4/c1-2-3-4-5-6-7-8-9-10-11-12-13-14-15-16-22-17-18-19-20-21-22/h22H,2-17,19-21H2,1H3. The van der Waals surface area contributed by atoms with Crippen LogP contribution in [0.15, 0.2) is 0 Å². The molecule has 0 aliphatic carbocycles. The van der Waals surface area contributed by atoms with Crippen molar-refractivity contribution in [1.29, 1.82) is 0 Å². The van der Waals surface area contributed by atoms with Gasteiger partial charge in [0.05, 0.1) is 8.31 Å². The second-order valence-electron chi connectivity index (χ2n) is 7.47. The fourth-order valence-electron chi connectivity index (χ4n) is 3.66. The number of hydrogen-bond acceptors (Lipinski definition) is 1. The van der Waals surface area contributed by atoms with E-state index in [1.54, 1.807) is 12.5 Å². The summed E-state index contributed by atoms with van der Waals surface area (Å²) in [4.78, 5) is 0. The topological polar surface area (TPSA) is 9.23 Å². The Bertz CT molecular complexity index is 223. The van der Waals surface area contributed by atoms with Crippen molar-refractivity contribution in [1.82, 2.24) is 0 Å². The van der Waals surface area contributed by atoms with Crippen LogP contribution >= 0.6 is 0 Å². The first-order valence-electron chi connectivity index (χ1n) is 10.5. The van der Waals surface area contributed by atoms with E-state index in [1.165, 1.54) is 89.7 Å². The molecular weight excluding hydrogens is 333 g/mol. The average Bonchev–Trinajstić information content (AvgIpc) is 2.56. The predicted octanol–water partition coefficient (Wildman–Crippen LogP) is 3.01. The van der Waals surface area contributed by atoms with Crippen molar-refractivity contribution in [3.8, 4) is 0 Å². The lowest BCUT2D eigenvalue weighted by atomic mass is 10.0. The van der Waals surface area contributed by atoms with E-state index in [4.69, 9.17) is 4.43 Å². The van der Waals surface area contributed by atoms with Gasteiger partial charge in [-0.25, -0.2) is 0 Å². The maximum atomic E-state index is 5.85. The molecule has 0 bridgehead atoms. The molecule has 0 aromatic carbocycles. The average molecular weight is 375 g/mol. The first-order valence-corrected chi connectivity index (χ1v) is 24.0. The molecule has 1 atom stereocenters. The molecule has 5 heteroatoms. The van der Waals surface area contributed by atoms with Gasteiger partial charge in [-0.1, -0.05) is 103 Å². The minimum atomic E-state index is -0.202. The molecule has 132 valence electrons. The van der Waals surface area contributed by atoms with Crippen LogP contribution in [0.25, 0.3) is 0 Å². The van der Waals surface area contributed by atoms with Crippen molar-refractivity contribution < 1.29 is 4.43 Å². The summed E-state index contributed by atoms with van der Waals surface area (Å²) in [5.41, 5.74) is 0. The van der Waals surface area contributed by atoms with Crippen LogP contribution in [0.5, 0.6) is 0 Å². The van der Waals surface area contributed by atoms with E-state index in [2.05, 4.69) is 6.92 Å². The summed E-state index contributed by atoms with van der Waals surface area (Å²) < 4.78 is 5.85. The van der Waals surface area contributed by atoms with Gasteiger partial charge in [-0.2, -0.15) is 0 Å². The Morgan fingerprint density at radius 1 is 0.727 bits per heavy atom. The number of rotatable bonds is 15. The van der Waals surface area contributed by atoms with E-state index < -0.39 is 0 Å². The second kappa shape index (κ2) is 16.7. The van der Waals surface area contributed by atoms with E-state index in [1.807, 2.05) is 0 Å². The van der Waals surface area contributed by atoms with E-state index in [9.17, 15) is 0 Å². The second-order valence-corrected chi connectivity index (χ2v) is 32.3. The van der Waals surface area contributed by atoms with Gasteiger partial charge >= 0.3 is 0 Å². The molecule has 1 unspecified atom stereocenters. The van der Waals surface area contributed by atoms with Crippen LogP contribution in [-0.2, 0) is 4.43 Å². The summed E-state index contributed by atoms with van der Waals surface area (Å²) >= 11 is 0. The van der Waals surface area contributed by atoms with Crippen molar-refractivity contribution in [2.24, 2.45) is 0 Å². The molecule has 0 spiro atoms. The van der Waals surface area contributed by atoms with E-state index in [-0.39, 0.29) is 17.6 Å². The van der Waals surface area contributed by atoms with E-state index in [0.29, 0.717) is 17.1 Å². The van der Waals surface area contributed by atoms with Crippen LogP contribution in [0, 0.1) is 0 Å². The SMILES string of the molecule is CCCCCCCCCCCCCCCC[SiH]1CO[SiH2][SiH2][SiH2]1. The van der Waals surface area contributed by atoms with Gasteiger partial charge < -0.3 is 4.43 Å². The van der Waals surface area contributed by atoms with Crippen LogP contribution in [0.2, 0.25) is 6.04 Å². The van der Waals surface area contributed by atoms with Gasteiger partial charge in [0, 0.05) is 23.3 Å². The van der Waals surface area contributed by atoms with Gasteiger partial charge in [0.25, 0.3) is 0 Å². The lowest BCUT2D eigenvalue weighted by Crippen LogP contribution is -2.41. The zero-order chi connectivity index (χ0) is 15.7. The fraction of sp³-hybridized carbons (Fsp3) is 1.00. The van der Waals surface area contributed by atoms with Crippen molar-refractivity contribution >= 4 is 34.7 Å². The zero-order valence-electron chi connectivity index (χ0n) is 15.4. The van der Waals surface area contributed by atoms with Gasteiger partial charge in [0.1, 0.15) is 9.28 Å². The van der Waals surface area contributed by atoms with Crippen molar-refractivity contribution in [3.05, 3.63) is 0 Å². The van der Waals surface area contributed by atoms with Crippen LogP contribution in [0.1, 0.15) is 96.8 Å². The smallest absolute Gasteiger partial charge is 0.139 e. The minimum Gasteiger partial charge on any atom is -0.432 e. The van der Waals surface area contributed by atoms with Crippen LogP contribution in [0.3, 0.4) is 0 Å². The maximum Gasteiger partial charge on any atom is 0.139 e. The van der Waals surface area contributed by atoms with Crippen molar-refractivity contribution in [2.45, 2.75) is 103 Å². The summed E-state index contributed by atoms with van der Waals surface area (Å²) in [7, 11) is 1.04. The molecule has 0 aromatic heterocycles. The Labute approximate surface area is 148 Å². The fourth-order valence-corrected chi connectivity index (χ4v) is 48.9. The molecular formula is C17H42OSi4. The third-order valence-electron chi connectivity index (χ3n) is 5.22. The molecule has 0 N–H and O–H groups in total. The highest BCUT2D eigenvalue weighted by Crippen LogP contribution is 2.14. The normalized spacial score (nSPS) is 22.0. The Kier molecular flexibility index (Phi) is 15.8. The summed E-state index contributed by atoms with van der Waals surface area (Å²) in [5, 5.41) is 0. The van der Waals surface area contributed by atoms with Gasteiger partial charge in [-0.15, -0.1) is 0 Å². The summed E-state index contributed by atoms with van der Waals surface area (Å²) in [6.45, 7) is 2.30. The highest BCUT2D eigenvalue weighted by Gasteiger charge is 2.15. The Morgan fingerprint density at radius 2 is 1.23 bits per heavy atom. The van der Waals surface area contributed by atoms with Crippen molar-refractivity contribution in [2.75, 3.05) is 6.23 Å². The molecule has 1 rings (SSSR count). The highest BCUT2D eigenvalue weighted by atomic mass is 29.7.